The highest BCUT2D eigenvalue weighted by atomic mass is 32.2. The smallest absolute Gasteiger partial charge is 0.410 e. The van der Waals surface area contributed by atoms with Gasteiger partial charge in [0.1, 0.15) is 18.4 Å². The first-order valence-corrected chi connectivity index (χ1v) is 18.6. The maximum absolute atomic E-state index is 13.3. The standard InChI is InChI=1S/C34H54N8O10S/c1-5-20(2)30(40-28(45)9-7-6-8-14-35)32(48)51-22-11-10-21(17-23(22)50-4)24(52-34(49)41-33(36)37)19-39-27(44)13-16-53-25-18-29(46)42(31(25)47)15-12-26(43)38-3/h10-11,17,20,24-25,30,33H,5-9,12-16,18-19,35-37H2,1-4H3,(H,38,43)(H,39,44)(H,40,45)(H,41,49)/t20-,24?,25?,30-/m0/s1. The Morgan fingerprint density at radius 2 is 1.72 bits per heavy atom. The van der Waals surface area contributed by atoms with Gasteiger partial charge in [-0.25, -0.2) is 9.59 Å². The summed E-state index contributed by atoms with van der Waals surface area (Å²) in [5.41, 5.74) is 16.8. The molecule has 1 aromatic rings. The first-order chi connectivity index (χ1) is 25.2. The number of hydrogen-bond donors (Lipinski definition) is 7. The maximum Gasteiger partial charge on any atom is 0.410 e. The molecule has 2 unspecified atom stereocenters. The first-order valence-electron chi connectivity index (χ1n) is 17.5. The Morgan fingerprint density at radius 3 is 2.36 bits per heavy atom. The lowest BCUT2D eigenvalue weighted by molar-refractivity contribution is -0.141. The van der Waals surface area contributed by atoms with Gasteiger partial charge in [-0.3, -0.25) is 45.7 Å². The van der Waals surface area contributed by atoms with Gasteiger partial charge in [-0.05, 0) is 43.0 Å². The van der Waals surface area contributed by atoms with Crippen molar-refractivity contribution in [3.05, 3.63) is 23.8 Å². The number of likely N-dealkylation sites (tertiary alicyclic amines) is 1. The number of nitrogens with zero attached hydrogens (tertiary/aromatic N) is 1. The van der Waals surface area contributed by atoms with Crippen molar-refractivity contribution in [1.29, 1.82) is 0 Å². The molecule has 53 heavy (non-hydrogen) atoms. The molecule has 19 heteroatoms. The lowest BCUT2D eigenvalue weighted by atomic mass is 9.99. The van der Waals surface area contributed by atoms with Crippen molar-refractivity contribution in [2.24, 2.45) is 23.1 Å². The van der Waals surface area contributed by atoms with E-state index < -0.39 is 47.6 Å². The van der Waals surface area contributed by atoms with Crippen LogP contribution >= 0.6 is 11.8 Å². The van der Waals surface area contributed by atoms with Crippen LogP contribution in [0.3, 0.4) is 0 Å². The Labute approximate surface area is 313 Å². The molecule has 1 aromatic carbocycles. The number of carbonyl (C=O) groups excluding carboxylic acids is 7. The third kappa shape index (κ3) is 15.2. The van der Waals surface area contributed by atoms with E-state index in [0.29, 0.717) is 24.9 Å². The minimum atomic E-state index is -1.22. The minimum Gasteiger partial charge on any atom is -0.493 e. The molecule has 1 heterocycles. The van der Waals surface area contributed by atoms with Crippen LogP contribution in [0.2, 0.25) is 0 Å². The van der Waals surface area contributed by atoms with Crippen molar-refractivity contribution in [2.75, 3.05) is 39.5 Å². The number of thioether (sulfide) groups is 1. The van der Waals surface area contributed by atoms with E-state index in [1.54, 1.807) is 0 Å². The second kappa shape index (κ2) is 23.3. The summed E-state index contributed by atoms with van der Waals surface area (Å²) >= 11 is 1.16. The van der Waals surface area contributed by atoms with Crippen LogP contribution in [-0.2, 0) is 33.5 Å². The fourth-order valence-corrected chi connectivity index (χ4v) is 6.25. The number of rotatable bonds is 23. The summed E-state index contributed by atoms with van der Waals surface area (Å²) in [5, 5.41) is 9.46. The van der Waals surface area contributed by atoms with E-state index in [0.717, 1.165) is 29.5 Å². The van der Waals surface area contributed by atoms with Crippen LogP contribution in [0.25, 0.3) is 0 Å². The number of alkyl carbamates (subject to hydrolysis) is 1. The highest BCUT2D eigenvalue weighted by Gasteiger charge is 2.38. The summed E-state index contributed by atoms with van der Waals surface area (Å²) in [6.45, 7) is 4.05. The van der Waals surface area contributed by atoms with E-state index in [1.165, 1.54) is 32.4 Å². The predicted octanol–water partition coefficient (Wildman–Crippen LogP) is 0.122. The summed E-state index contributed by atoms with van der Waals surface area (Å²) in [6, 6.07) is 3.51. The summed E-state index contributed by atoms with van der Waals surface area (Å²) in [4.78, 5) is 88.7. The number of ether oxygens (including phenoxy) is 3. The van der Waals surface area contributed by atoms with Crippen LogP contribution in [0.4, 0.5) is 4.79 Å². The predicted molar refractivity (Wildman–Crippen MR) is 196 cm³/mol. The van der Waals surface area contributed by atoms with Crippen molar-refractivity contribution in [3.63, 3.8) is 0 Å². The van der Waals surface area contributed by atoms with Crippen LogP contribution < -0.4 is 47.9 Å². The van der Waals surface area contributed by atoms with E-state index in [4.69, 9.17) is 31.4 Å². The number of nitrogens with two attached hydrogens (primary N) is 3. The average Bonchev–Trinajstić information content (AvgIpc) is 3.39. The minimum absolute atomic E-state index is 0.000881. The molecular weight excluding hydrogens is 712 g/mol. The second-order valence-corrected chi connectivity index (χ2v) is 13.7. The van der Waals surface area contributed by atoms with Gasteiger partial charge in [0.2, 0.25) is 29.5 Å². The van der Waals surface area contributed by atoms with E-state index in [1.807, 2.05) is 13.8 Å². The zero-order valence-electron chi connectivity index (χ0n) is 30.8. The van der Waals surface area contributed by atoms with Gasteiger partial charge in [0.15, 0.2) is 11.5 Å². The molecule has 0 aliphatic carbocycles. The molecule has 0 bridgehead atoms. The summed E-state index contributed by atoms with van der Waals surface area (Å²) in [7, 11) is 2.82. The van der Waals surface area contributed by atoms with Gasteiger partial charge in [0, 0.05) is 45.0 Å². The van der Waals surface area contributed by atoms with Crippen LogP contribution in [-0.4, -0.2) is 104 Å². The summed E-state index contributed by atoms with van der Waals surface area (Å²) in [5.74, 6) is -2.31. The number of amides is 6. The molecule has 18 nitrogen and oxygen atoms in total. The van der Waals surface area contributed by atoms with E-state index in [9.17, 15) is 33.6 Å². The summed E-state index contributed by atoms with van der Waals surface area (Å²) < 4.78 is 16.7. The number of nitrogens with one attached hydrogen (secondary N) is 4. The zero-order valence-corrected chi connectivity index (χ0v) is 31.6. The molecular formula is C34H54N8O10S. The number of carbonyl (C=O) groups is 7. The Bertz CT molecular complexity index is 1430. The van der Waals surface area contributed by atoms with E-state index >= 15 is 0 Å². The molecule has 1 aliphatic rings. The zero-order chi connectivity index (χ0) is 39.5. The van der Waals surface area contributed by atoms with Gasteiger partial charge in [-0.15, -0.1) is 11.8 Å². The third-order valence-corrected chi connectivity index (χ3v) is 9.58. The summed E-state index contributed by atoms with van der Waals surface area (Å²) in [6.07, 6.45) is -0.227. The molecule has 1 aliphatic heterocycles. The van der Waals surface area contributed by atoms with Crippen LogP contribution in [0, 0.1) is 5.92 Å². The monoisotopic (exact) mass is 766 g/mol. The Morgan fingerprint density at radius 1 is 0.981 bits per heavy atom. The SMILES string of the molecule is CC[C@H](C)[C@H](NC(=O)CCCCCN)C(=O)Oc1ccc(C(CNC(=O)CCSC2CC(=O)N(CCC(=O)NC)C2=O)OC(=O)NC(N)N)cc1OC. The number of imide groups is 1. The molecule has 1 saturated heterocycles. The average molecular weight is 767 g/mol. The molecule has 296 valence electrons. The van der Waals surface area contributed by atoms with Gasteiger partial charge in [0.25, 0.3) is 0 Å². The second-order valence-electron chi connectivity index (χ2n) is 12.3. The lowest BCUT2D eigenvalue weighted by Gasteiger charge is -2.24. The lowest BCUT2D eigenvalue weighted by Crippen LogP contribution is -2.49. The van der Waals surface area contributed by atoms with Crippen molar-refractivity contribution >= 4 is 53.4 Å². The van der Waals surface area contributed by atoms with Crippen molar-refractivity contribution in [2.45, 2.75) is 88.9 Å². The molecule has 2 rings (SSSR count). The molecule has 10 N–H and O–H groups in total. The van der Waals surface area contributed by atoms with E-state index in [-0.39, 0.29) is 79.7 Å². The molecule has 0 aromatic heterocycles. The molecule has 6 amide bonds. The quantitative estimate of drug-likeness (QED) is 0.0256. The molecule has 0 spiro atoms. The number of hydrogen-bond acceptors (Lipinski definition) is 14. The number of methoxy groups -OCH3 is 1. The van der Waals surface area contributed by atoms with E-state index in [2.05, 4.69) is 21.3 Å². The fourth-order valence-electron chi connectivity index (χ4n) is 5.13. The van der Waals surface area contributed by atoms with Crippen LogP contribution in [0.15, 0.2) is 18.2 Å². The highest BCUT2D eigenvalue weighted by Crippen LogP contribution is 2.32. The number of esters is 1. The number of unbranched alkanes of at least 4 members (excludes halogenated alkanes) is 2. The Balaban J connectivity index is 2.09. The molecule has 0 radical (unpaired) electrons. The van der Waals surface area contributed by atoms with Crippen LogP contribution in [0.1, 0.15) is 76.9 Å². The first kappa shape index (κ1) is 44.7. The van der Waals surface area contributed by atoms with Crippen molar-refractivity contribution < 1.29 is 47.8 Å². The van der Waals surface area contributed by atoms with Crippen molar-refractivity contribution in [1.82, 2.24) is 26.2 Å². The van der Waals surface area contributed by atoms with Crippen LogP contribution in [0.5, 0.6) is 11.5 Å². The number of benzene rings is 1. The third-order valence-electron chi connectivity index (χ3n) is 8.37. The van der Waals surface area contributed by atoms with Gasteiger partial charge < -0.3 is 35.9 Å². The molecule has 1 fully saturated rings. The van der Waals surface area contributed by atoms with Gasteiger partial charge in [-0.2, -0.15) is 0 Å². The maximum atomic E-state index is 13.3. The van der Waals surface area contributed by atoms with Crippen molar-refractivity contribution in [3.8, 4) is 11.5 Å². The normalized spacial score (nSPS) is 15.7. The Kier molecular flexibility index (Phi) is 19.6. The Hall–Kier alpha value is -4.46. The fraction of sp³-hybridized carbons (Fsp3) is 0.618. The largest absolute Gasteiger partial charge is 0.493 e. The highest BCUT2D eigenvalue weighted by molar-refractivity contribution is 8.00. The molecule has 4 atom stereocenters. The molecule has 0 saturated carbocycles. The van der Waals surface area contributed by atoms with Gasteiger partial charge in [0.05, 0.1) is 18.9 Å². The van der Waals surface area contributed by atoms with Gasteiger partial charge in [-0.1, -0.05) is 32.8 Å². The topological polar surface area (TPSA) is 277 Å². The van der Waals surface area contributed by atoms with Gasteiger partial charge >= 0.3 is 12.1 Å².